The lowest BCUT2D eigenvalue weighted by Gasteiger charge is -2.17. The number of carbonyl (C=O) groups excluding carboxylic acids is 2. The summed E-state index contributed by atoms with van der Waals surface area (Å²) < 4.78 is 9.88. The predicted molar refractivity (Wildman–Crippen MR) is 75.9 cm³/mol. The summed E-state index contributed by atoms with van der Waals surface area (Å²) in [5.74, 6) is 0.352. The Morgan fingerprint density at radius 1 is 1.35 bits per heavy atom. The van der Waals surface area contributed by atoms with Crippen LogP contribution in [0.5, 0.6) is 5.75 Å². The molecule has 110 valence electrons. The van der Waals surface area contributed by atoms with Crippen LogP contribution in [0.25, 0.3) is 0 Å². The van der Waals surface area contributed by atoms with Crippen molar-refractivity contribution in [1.29, 1.82) is 0 Å². The number of ether oxygens (including phenoxy) is 2. The molecular formula is C14H20N2O4. The van der Waals surface area contributed by atoms with Crippen molar-refractivity contribution in [3.05, 3.63) is 24.3 Å². The van der Waals surface area contributed by atoms with Gasteiger partial charge in [0.15, 0.2) is 0 Å². The number of nitrogens with one attached hydrogen (secondary N) is 1. The van der Waals surface area contributed by atoms with E-state index >= 15 is 0 Å². The van der Waals surface area contributed by atoms with Crippen LogP contribution in [-0.2, 0) is 9.53 Å². The molecule has 20 heavy (non-hydrogen) atoms. The zero-order valence-electron chi connectivity index (χ0n) is 12.0. The van der Waals surface area contributed by atoms with Crippen molar-refractivity contribution in [3.63, 3.8) is 0 Å². The average molecular weight is 280 g/mol. The van der Waals surface area contributed by atoms with Crippen molar-refractivity contribution < 1.29 is 19.1 Å². The minimum absolute atomic E-state index is 0.176. The number of hydrogen-bond donors (Lipinski definition) is 1. The number of benzene rings is 1. The normalized spacial score (nSPS) is 9.75. The zero-order chi connectivity index (χ0) is 15.0. The first kappa shape index (κ1) is 15.8. The molecule has 0 saturated heterocycles. The fraction of sp³-hybridized carbons (Fsp3) is 0.429. The van der Waals surface area contributed by atoms with E-state index in [1.54, 1.807) is 45.3 Å². The summed E-state index contributed by atoms with van der Waals surface area (Å²) in [6, 6.07) is 6.77. The monoisotopic (exact) mass is 280 g/mol. The Labute approximate surface area is 118 Å². The maximum Gasteiger partial charge on any atom is 0.321 e. The topological polar surface area (TPSA) is 67.9 Å². The van der Waals surface area contributed by atoms with Crippen molar-refractivity contribution in [3.8, 4) is 5.75 Å². The van der Waals surface area contributed by atoms with E-state index in [0.29, 0.717) is 24.6 Å². The second-order valence-corrected chi connectivity index (χ2v) is 4.14. The smallest absolute Gasteiger partial charge is 0.321 e. The third-order valence-electron chi connectivity index (χ3n) is 2.62. The van der Waals surface area contributed by atoms with Crippen LogP contribution in [0.1, 0.15) is 13.3 Å². The van der Waals surface area contributed by atoms with Crippen molar-refractivity contribution >= 4 is 17.7 Å². The summed E-state index contributed by atoms with van der Waals surface area (Å²) in [7, 11) is 3.18. The summed E-state index contributed by atoms with van der Waals surface area (Å²) in [5.41, 5.74) is 0.636. The number of carbonyl (C=O) groups is 2. The van der Waals surface area contributed by atoms with Crippen LogP contribution in [-0.4, -0.2) is 44.2 Å². The Morgan fingerprint density at radius 3 is 2.75 bits per heavy atom. The minimum Gasteiger partial charge on any atom is -0.497 e. The predicted octanol–water partition coefficient (Wildman–Crippen LogP) is 2.11. The van der Waals surface area contributed by atoms with Gasteiger partial charge in [-0.25, -0.2) is 4.79 Å². The number of methoxy groups -OCH3 is 1. The number of urea groups is 1. The highest BCUT2D eigenvalue weighted by Gasteiger charge is 2.11. The second-order valence-electron chi connectivity index (χ2n) is 4.14. The first-order valence-corrected chi connectivity index (χ1v) is 6.38. The van der Waals surface area contributed by atoms with Crippen molar-refractivity contribution in [2.24, 2.45) is 0 Å². The number of amides is 2. The highest BCUT2D eigenvalue weighted by Crippen LogP contribution is 2.16. The SMILES string of the molecule is CCOC(=O)CCN(C)C(=O)Nc1cccc(OC)c1. The summed E-state index contributed by atoms with van der Waals surface area (Å²) >= 11 is 0. The minimum atomic E-state index is -0.312. The molecule has 1 aromatic carbocycles. The van der Waals surface area contributed by atoms with E-state index in [0.717, 1.165) is 0 Å². The molecule has 0 aliphatic carbocycles. The van der Waals surface area contributed by atoms with E-state index in [2.05, 4.69) is 5.32 Å². The lowest BCUT2D eigenvalue weighted by molar-refractivity contribution is -0.143. The van der Waals surface area contributed by atoms with E-state index in [1.165, 1.54) is 4.90 Å². The molecule has 1 aromatic rings. The van der Waals surface area contributed by atoms with Gasteiger partial charge >= 0.3 is 12.0 Å². The van der Waals surface area contributed by atoms with Crippen LogP contribution in [0.15, 0.2) is 24.3 Å². The number of nitrogens with zero attached hydrogens (tertiary/aromatic N) is 1. The van der Waals surface area contributed by atoms with Crippen molar-refractivity contribution in [2.45, 2.75) is 13.3 Å². The van der Waals surface area contributed by atoms with Gasteiger partial charge in [0, 0.05) is 25.3 Å². The molecule has 0 aliphatic heterocycles. The highest BCUT2D eigenvalue weighted by molar-refractivity contribution is 5.89. The second kappa shape index (κ2) is 8.04. The molecule has 1 rings (SSSR count). The summed E-state index contributed by atoms with van der Waals surface area (Å²) in [6.45, 7) is 2.39. The van der Waals surface area contributed by atoms with E-state index in [9.17, 15) is 9.59 Å². The van der Waals surface area contributed by atoms with Gasteiger partial charge in [-0.3, -0.25) is 4.79 Å². The average Bonchev–Trinajstić information content (AvgIpc) is 2.45. The molecule has 0 spiro atoms. The molecule has 0 radical (unpaired) electrons. The molecule has 0 aromatic heterocycles. The number of rotatable bonds is 6. The Balaban J connectivity index is 2.46. The highest BCUT2D eigenvalue weighted by atomic mass is 16.5. The molecule has 6 nitrogen and oxygen atoms in total. The third kappa shape index (κ3) is 5.17. The van der Waals surface area contributed by atoms with Gasteiger partial charge in [0.2, 0.25) is 0 Å². The molecule has 0 atom stereocenters. The maximum atomic E-state index is 11.9. The van der Waals surface area contributed by atoms with Crippen LogP contribution in [0, 0.1) is 0 Å². The first-order chi connectivity index (χ1) is 9.56. The lowest BCUT2D eigenvalue weighted by Crippen LogP contribution is -2.33. The van der Waals surface area contributed by atoms with Gasteiger partial charge in [-0.15, -0.1) is 0 Å². The van der Waals surface area contributed by atoms with Gasteiger partial charge < -0.3 is 19.7 Å². The van der Waals surface area contributed by atoms with Gasteiger partial charge in [-0.1, -0.05) is 6.07 Å². The molecule has 0 bridgehead atoms. The largest absolute Gasteiger partial charge is 0.497 e. The van der Waals surface area contributed by atoms with Crippen molar-refractivity contribution in [2.75, 3.05) is 32.6 Å². The number of anilines is 1. The fourth-order valence-electron chi connectivity index (χ4n) is 1.51. The van der Waals surface area contributed by atoms with E-state index in [1.807, 2.05) is 0 Å². The Bertz CT molecular complexity index is 462. The molecular weight excluding hydrogens is 260 g/mol. The van der Waals surface area contributed by atoms with Crippen LogP contribution in [0.2, 0.25) is 0 Å². The summed E-state index contributed by atoms with van der Waals surface area (Å²) in [6.07, 6.45) is 0.176. The molecule has 0 fully saturated rings. The van der Waals surface area contributed by atoms with Gasteiger partial charge in [0.25, 0.3) is 0 Å². The van der Waals surface area contributed by atoms with Crippen LogP contribution < -0.4 is 10.1 Å². The number of hydrogen-bond acceptors (Lipinski definition) is 4. The van der Waals surface area contributed by atoms with Crippen LogP contribution >= 0.6 is 0 Å². The van der Waals surface area contributed by atoms with Gasteiger partial charge in [0.05, 0.1) is 20.1 Å². The molecule has 0 aliphatic rings. The molecule has 2 amide bonds. The quantitative estimate of drug-likeness (QED) is 0.810. The van der Waals surface area contributed by atoms with Gasteiger partial charge in [0.1, 0.15) is 5.75 Å². The molecule has 0 unspecified atom stereocenters. The van der Waals surface area contributed by atoms with Crippen LogP contribution in [0.4, 0.5) is 10.5 Å². The molecule has 0 saturated carbocycles. The molecule has 1 N–H and O–H groups in total. The molecule has 0 heterocycles. The summed E-state index contributed by atoms with van der Waals surface area (Å²) in [4.78, 5) is 24.5. The maximum absolute atomic E-state index is 11.9. The van der Waals surface area contributed by atoms with Crippen molar-refractivity contribution in [1.82, 2.24) is 4.90 Å². The standard InChI is InChI=1S/C14H20N2O4/c1-4-20-13(17)8-9-16(2)14(18)15-11-6-5-7-12(10-11)19-3/h5-7,10H,4,8-9H2,1-3H3,(H,15,18). The van der Waals surface area contributed by atoms with E-state index in [-0.39, 0.29) is 18.4 Å². The van der Waals surface area contributed by atoms with E-state index < -0.39 is 0 Å². The Morgan fingerprint density at radius 2 is 2.10 bits per heavy atom. The van der Waals surface area contributed by atoms with Gasteiger partial charge in [-0.05, 0) is 19.1 Å². The first-order valence-electron chi connectivity index (χ1n) is 6.38. The number of esters is 1. The van der Waals surface area contributed by atoms with Crippen LogP contribution in [0.3, 0.4) is 0 Å². The van der Waals surface area contributed by atoms with Gasteiger partial charge in [-0.2, -0.15) is 0 Å². The Kier molecular flexibility index (Phi) is 6.36. The fourth-order valence-corrected chi connectivity index (χ4v) is 1.51. The lowest BCUT2D eigenvalue weighted by atomic mass is 10.3. The zero-order valence-corrected chi connectivity index (χ0v) is 12.0. The third-order valence-corrected chi connectivity index (χ3v) is 2.62. The summed E-state index contributed by atoms with van der Waals surface area (Å²) in [5, 5.41) is 2.73. The molecule has 6 heteroatoms. The Hall–Kier alpha value is -2.24. The van der Waals surface area contributed by atoms with E-state index in [4.69, 9.17) is 9.47 Å².